The summed E-state index contributed by atoms with van der Waals surface area (Å²) in [6.07, 6.45) is 2.60. The normalized spacial score (nSPS) is 14.8. The van der Waals surface area contributed by atoms with E-state index in [1.807, 2.05) is 19.1 Å². The molecule has 1 saturated carbocycles. The Hall–Kier alpha value is -1.47. The van der Waals surface area contributed by atoms with Crippen molar-refractivity contribution in [2.75, 3.05) is 11.0 Å². The Balaban J connectivity index is 2.09. The molecule has 1 atom stereocenters. The molecule has 0 radical (unpaired) electrons. The van der Waals surface area contributed by atoms with Gasteiger partial charge in [0.25, 0.3) is 0 Å². The minimum atomic E-state index is -0.580. The molecule has 0 aromatic heterocycles. The van der Waals surface area contributed by atoms with Crippen LogP contribution in [0.15, 0.2) is 24.3 Å². The van der Waals surface area contributed by atoms with Crippen LogP contribution >= 0.6 is 0 Å². The minimum absolute atomic E-state index is 0.174. The fourth-order valence-electron chi connectivity index (χ4n) is 4.13. The van der Waals surface area contributed by atoms with Crippen molar-refractivity contribution in [3.8, 4) is 11.1 Å². The molecule has 1 aliphatic carbocycles. The molecule has 2 N–H and O–H groups in total. The van der Waals surface area contributed by atoms with Gasteiger partial charge in [0.1, 0.15) is 0 Å². The van der Waals surface area contributed by atoms with E-state index in [1.165, 1.54) is 35.1 Å². The molecule has 158 valence electrons. The van der Waals surface area contributed by atoms with Crippen molar-refractivity contribution in [3.05, 3.63) is 57.9 Å². The maximum atomic E-state index is 15.2. The van der Waals surface area contributed by atoms with Crippen LogP contribution in [0.2, 0.25) is 0 Å². The van der Waals surface area contributed by atoms with Gasteiger partial charge in [-0.15, -0.1) is 0 Å². The Morgan fingerprint density at radius 2 is 1.93 bits per heavy atom. The van der Waals surface area contributed by atoms with Crippen LogP contribution < -0.4 is 25.4 Å². The molecule has 5 heteroatoms. The van der Waals surface area contributed by atoms with Crippen LogP contribution in [0.1, 0.15) is 65.8 Å². The van der Waals surface area contributed by atoms with Gasteiger partial charge in [-0.1, -0.05) is 0 Å². The summed E-state index contributed by atoms with van der Waals surface area (Å²) < 4.78 is 26.8. The number of halogens is 2. The summed E-state index contributed by atoms with van der Waals surface area (Å²) in [5.74, 6) is -0.149. The summed E-state index contributed by atoms with van der Waals surface area (Å²) in [7, 11) is 0. The van der Waals surface area contributed by atoms with Gasteiger partial charge in [0.2, 0.25) is 0 Å². The van der Waals surface area contributed by atoms with Gasteiger partial charge >= 0.3 is 184 Å². The van der Waals surface area contributed by atoms with Crippen LogP contribution in [0.3, 0.4) is 0 Å². The van der Waals surface area contributed by atoms with Crippen molar-refractivity contribution in [2.45, 2.75) is 58.8 Å². The van der Waals surface area contributed by atoms with E-state index in [0.29, 0.717) is 28.1 Å². The summed E-state index contributed by atoms with van der Waals surface area (Å²) in [6, 6.07) is 8.37. The standard InChI is InChI=1S/C24H30FINO2/c1-5-29-22(28)12-19(13-26-27)21-11-18(10-16(4)24(21)25)23-15(3)8-14(2)9-20(23)17-6-7-17/h8-11,17,19H,5-7,12-13,27H2,1-4H3/q-1/t19-/m1/s1. The molecular formula is C24H30FINO2-. The fraction of sp³-hybridized carbons (Fsp3) is 0.458. The first-order chi connectivity index (χ1) is 13.8. The predicted molar refractivity (Wildman–Crippen MR) is 111 cm³/mol. The Bertz CT molecular complexity index is 908. The van der Waals surface area contributed by atoms with Crippen LogP contribution in [0.5, 0.6) is 0 Å². The van der Waals surface area contributed by atoms with E-state index < -0.39 is 21.5 Å². The topological polar surface area (TPSA) is 52.3 Å². The van der Waals surface area contributed by atoms with Gasteiger partial charge in [-0.2, -0.15) is 0 Å². The number of aryl methyl sites for hydroxylation is 3. The van der Waals surface area contributed by atoms with Gasteiger partial charge in [-0.05, 0) is 0 Å². The SMILES string of the molecule is CCOC(=O)C[C@H](C[I-]N)c1cc(-c2c(C)cc(C)cc2C2CC2)cc(C)c1F. The second-order valence-electron chi connectivity index (χ2n) is 8.03. The fourth-order valence-corrected chi connectivity index (χ4v) is 5.53. The van der Waals surface area contributed by atoms with Crippen LogP contribution in [0.4, 0.5) is 4.39 Å². The number of esters is 1. The first kappa shape index (κ1) is 22.2. The Morgan fingerprint density at radius 1 is 1.21 bits per heavy atom. The second-order valence-corrected chi connectivity index (χ2v) is 9.79. The van der Waals surface area contributed by atoms with E-state index in [9.17, 15) is 4.79 Å². The van der Waals surface area contributed by atoms with Gasteiger partial charge in [0.15, 0.2) is 0 Å². The molecular weight excluding hydrogens is 480 g/mol. The average molecular weight is 510 g/mol. The second kappa shape index (κ2) is 9.56. The molecule has 0 aliphatic heterocycles. The third-order valence-corrected chi connectivity index (χ3v) is 7.10. The van der Waals surface area contributed by atoms with E-state index in [4.69, 9.17) is 8.68 Å². The summed E-state index contributed by atoms with van der Waals surface area (Å²) in [6.45, 7) is 8.19. The average Bonchev–Trinajstić information content (AvgIpc) is 3.48. The van der Waals surface area contributed by atoms with Gasteiger partial charge in [0, 0.05) is 0 Å². The van der Waals surface area contributed by atoms with Gasteiger partial charge in [-0.3, -0.25) is 0 Å². The molecule has 0 saturated heterocycles. The zero-order valence-electron chi connectivity index (χ0n) is 17.6. The number of rotatable bonds is 8. The van der Waals surface area contributed by atoms with Crippen molar-refractivity contribution in [1.82, 2.24) is 0 Å². The summed E-state index contributed by atoms with van der Waals surface area (Å²) in [5.41, 5.74) is 7.33. The molecule has 2 aromatic rings. The molecule has 0 unspecified atom stereocenters. The summed E-state index contributed by atoms with van der Waals surface area (Å²) >= 11 is -0.580. The molecule has 1 aliphatic rings. The van der Waals surface area contributed by atoms with Gasteiger partial charge in [-0.25, -0.2) is 0 Å². The molecule has 0 bridgehead atoms. The van der Waals surface area contributed by atoms with Gasteiger partial charge in [0.05, 0.1) is 0 Å². The number of carbonyl (C=O) groups excluding carboxylic acids is 1. The third-order valence-electron chi connectivity index (χ3n) is 5.53. The molecule has 1 fully saturated rings. The zero-order valence-corrected chi connectivity index (χ0v) is 19.8. The van der Waals surface area contributed by atoms with E-state index >= 15 is 4.39 Å². The van der Waals surface area contributed by atoms with Crippen LogP contribution in [0, 0.1) is 26.6 Å². The molecule has 0 heterocycles. The zero-order chi connectivity index (χ0) is 21.1. The van der Waals surface area contributed by atoms with Crippen molar-refractivity contribution in [1.29, 1.82) is 0 Å². The Morgan fingerprint density at radius 3 is 2.55 bits per heavy atom. The number of nitrogens with two attached hydrogens (primary N) is 1. The van der Waals surface area contributed by atoms with Crippen LogP contribution in [-0.2, 0) is 9.53 Å². The Labute approximate surface area is 183 Å². The number of ether oxygens (including phenoxy) is 1. The predicted octanol–water partition coefficient (Wildman–Crippen LogP) is 2.29. The number of benzene rings is 2. The molecule has 2 aromatic carbocycles. The maximum absolute atomic E-state index is 15.2. The molecule has 0 amide bonds. The first-order valence-corrected chi connectivity index (χ1v) is 13.0. The van der Waals surface area contributed by atoms with Crippen molar-refractivity contribution < 1.29 is 35.4 Å². The van der Waals surface area contributed by atoms with Crippen LogP contribution in [-0.4, -0.2) is 17.0 Å². The van der Waals surface area contributed by atoms with Crippen molar-refractivity contribution in [3.63, 3.8) is 0 Å². The molecule has 29 heavy (non-hydrogen) atoms. The quantitative estimate of drug-likeness (QED) is 0.257. The summed E-state index contributed by atoms with van der Waals surface area (Å²) in [4.78, 5) is 12.1. The number of alkyl halides is 1. The Kier molecular flexibility index (Phi) is 7.32. The van der Waals surface area contributed by atoms with Crippen LogP contribution in [0.25, 0.3) is 11.1 Å². The van der Waals surface area contributed by atoms with Crippen molar-refractivity contribution >= 4 is 5.97 Å². The molecule has 3 rings (SSSR count). The molecule has 3 nitrogen and oxygen atoms in total. The number of hydrogen-bond acceptors (Lipinski definition) is 3. The van der Waals surface area contributed by atoms with E-state index in [2.05, 4.69) is 26.0 Å². The van der Waals surface area contributed by atoms with E-state index in [1.54, 1.807) is 6.92 Å². The number of carbonyl (C=O) groups is 1. The van der Waals surface area contributed by atoms with Gasteiger partial charge < -0.3 is 0 Å². The first-order valence-electron chi connectivity index (χ1n) is 10.2. The van der Waals surface area contributed by atoms with Crippen molar-refractivity contribution in [2.24, 2.45) is 3.95 Å². The third kappa shape index (κ3) is 5.18. The van der Waals surface area contributed by atoms with E-state index in [-0.39, 0.29) is 24.1 Å². The summed E-state index contributed by atoms with van der Waals surface area (Å²) in [5, 5.41) is 0. The monoisotopic (exact) mass is 510 g/mol. The number of hydrogen-bond donors (Lipinski definition) is 1. The molecule has 0 spiro atoms. The van der Waals surface area contributed by atoms with E-state index in [0.717, 1.165) is 5.56 Å².